The number of fused-ring (bicyclic) bond motifs is 2. The number of benzene rings is 1. The molecule has 3 heterocycles. The molecule has 1 amide bonds. The lowest BCUT2D eigenvalue weighted by Gasteiger charge is -2.11. The lowest BCUT2D eigenvalue weighted by molar-refractivity contribution is -0.135. The Balaban J connectivity index is 2.02. The highest BCUT2D eigenvalue weighted by atomic mass is 19.4. The molecule has 4 rings (SSSR count). The molecule has 0 aliphatic carbocycles. The Kier molecular flexibility index (Phi) is 3.95. The summed E-state index contributed by atoms with van der Waals surface area (Å²) < 4.78 is 68.7. The lowest BCUT2D eigenvalue weighted by Crippen LogP contribution is -2.07. The fourth-order valence-corrected chi connectivity index (χ4v) is 3.66. The van der Waals surface area contributed by atoms with E-state index in [9.17, 15) is 26.7 Å². The molecule has 146 valence electrons. The summed E-state index contributed by atoms with van der Waals surface area (Å²) in [4.78, 5) is 11.6. The Labute approximate surface area is 156 Å². The Morgan fingerprint density at radius 1 is 1.14 bits per heavy atom. The van der Waals surface area contributed by atoms with Crippen molar-refractivity contribution in [1.82, 2.24) is 9.61 Å². The van der Waals surface area contributed by atoms with E-state index in [-0.39, 0.29) is 34.7 Å². The molecule has 0 unspecified atom stereocenters. The third-order valence-corrected chi connectivity index (χ3v) is 4.78. The van der Waals surface area contributed by atoms with Gasteiger partial charge in [-0.2, -0.15) is 18.3 Å². The molecule has 9 heteroatoms. The number of aromatic nitrogens is 2. The Morgan fingerprint density at radius 3 is 2.50 bits per heavy atom. The van der Waals surface area contributed by atoms with E-state index < -0.39 is 23.7 Å². The molecule has 0 fully saturated rings. The highest BCUT2D eigenvalue weighted by Crippen LogP contribution is 2.42. The van der Waals surface area contributed by atoms with Crippen molar-refractivity contribution in [1.29, 1.82) is 0 Å². The van der Waals surface area contributed by atoms with Crippen LogP contribution in [0.5, 0.6) is 0 Å². The van der Waals surface area contributed by atoms with Crippen molar-refractivity contribution in [2.75, 3.05) is 5.32 Å². The van der Waals surface area contributed by atoms with Crippen molar-refractivity contribution >= 4 is 17.1 Å². The lowest BCUT2D eigenvalue weighted by atomic mass is 9.98. The van der Waals surface area contributed by atoms with Gasteiger partial charge in [0, 0.05) is 23.0 Å². The third-order valence-electron chi connectivity index (χ3n) is 4.78. The molecule has 0 saturated heterocycles. The number of hydrogen-bond acceptors (Lipinski definition) is 2. The van der Waals surface area contributed by atoms with Crippen molar-refractivity contribution < 1.29 is 26.7 Å². The van der Waals surface area contributed by atoms with Gasteiger partial charge in [-0.25, -0.2) is 13.3 Å². The van der Waals surface area contributed by atoms with Gasteiger partial charge < -0.3 is 5.32 Å². The standard InChI is InChI=1S/C19H14F5N3O/c1-8-3-10(5-11-6-13(28)25-15(8)11)16-14(19(22,23)24)17-9(2)4-12(18(20)21)7-27(17)26-16/h3-5,7,18H,6H2,1-2H3,(H,25,28). The highest BCUT2D eigenvalue weighted by Gasteiger charge is 2.39. The quantitative estimate of drug-likeness (QED) is 0.616. The zero-order valence-corrected chi connectivity index (χ0v) is 14.8. The second-order valence-electron chi connectivity index (χ2n) is 6.82. The summed E-state index contributed by atoms with van der Waals surface area (Å²) in [5, 5.41) is 6.67. The van der Waals surface area contributed by atoms with Crippen LogP contribution in [0.25, 0.3) is 16.8 Å². The van der Waals surface area contributed by atoms with E-state index in [0.29, 0.717) is 16.8 Å². The number of nitrogens with zero attached hydrogens (tertiary/aromatic N) is 2. The normalized spacial score (nSPS) is 14.1. The van der Waals surface area contributed by atoms with Crippen LogP contribution >= 0.6 is 0 Å². The molecule has 0 radical (unpaired) electrons. The second-order valence-corrected chi connectivity index (χ2v) is 6.82. The van der Waals surface area contributed by atoms with Gasteiger partial charge in [0.05, 0.1) is 11.9 Å². The molecule has 0 saturated carbocycles. The molecule has 0 spiro atoms. The van der Waals surface area contributed by atoms with Gasteiger partial charge in [-0.1, -0.05) is 0 Å². The molecule has 1 aromatic carbocycles. The number of nitrogens with one attached hydrogen (secondary N) is 1. The molecule has 0 atom stereocenters. The zero-order chi connectivity index (χ0) is 20.4. The molecule has 1 N–H and O–H groups in total. The second kappa shape index (κ2) is 6.02. The van der Waals surface area contributed by atoms with E-state index in [1.165, 1.54) is 19.1 Å². The van der Waals surface area contributed by atoms with Crippen LogP contribution in [-0.4, -0.2) is 15.5 Å². The minimum Gasteiger partial charge on any atom is -0.325 e. The Hall–Kier alpha value is -2.97. The number of anilines is 1. The van der Waals surface area contributed by atoms with Crippen LogP contribution in [0.2, 0.25) is 0 Å². The number of hydrogen-bond donors (Lipinski definition) is 1. The van der Waals surface area contributed by atoms with E-state index in [4.69, 9.17) is 0 Å². The van der Waals surface area contributed by atoms with Gasteiger partial charge >= 0.3 is 6.18 Å². The fraction of sp³-hybridized carbons (Fsp3) is 0.263. The van der Waals surface area contributed by atoms with E-state index in [0.717, 1.165) is 16.8 Å². The first-order chi connectivity index (χ1) is 13.1. The number of amides is 1. The average molecular weight is 395 g/mol. The van der Waals surface area contributed by atoms with E-state index in [1.54, 1.807) is 6.92 Å². The smallest absolute Gasteiger partial charge is 0.325 e. The maximum atomic E-state index is 13.9. The monoisotopic (exact) mass is 395 g/mol. The summed E-state index contributed by atoms with van der Waals surface area (Å²) in [5.74, 6) is -0.237. The van der Waals surface area contributed by atoms with Gasteiger partial charge in [-0.05, 0) is 48.7 Å². The number of carbonyl (C=O) groups excluding carboxylic acids is 1. The van der Waals surface area contributed by atoms with Crippen molar-refractivity contribution in [3.05, 3.63) is 52.2 Å². The molecule has 3 aromatic rings. The van der Waals surface area contributed by atoms with Gasteiger partial charge in [0.1, 0.15) is 11.3 Å². The fourth-order valence-electron chi connectivity index (χ4n) is 3.66. The summed E-state index contributed by atoms with van der Waals surface area (Å²) in [6.45, 7) is 3.02. The number of halogens is 5. The molecule has 28 heavy (non-hydrogen) atoms. The van der Waals surface area contributed by atoms with Crippen LogP contribution in [0.3, 0.4) is 0 Å². The van der Waals surface area contributed by atoms with Gasteiger partial charge in [-0.15, -0.1) is 0 Å². The van der Waals surface area contributed by atoms with Crippen molar-refractivity contribution in [3.8, 4) is 11.3 Å². The topological polar surface area (TPSA) is 46.4 Å². The minimum absolute atomic E-state index is 0.0543. The first-order valence-electron chi connectivity index (χ1n) is 8.38. The van der Waals surface area contributed by atoms with Crippen LogP contribution in [0, 0.1) is 13.8 Å². The molecule has 1 aliphatic heterocycles. The number of aryl methyl sites for hydroxylation is 2. The van der Waals surface area contributed by atoms with Crippen molar-refractivity contribution in [2.24, 2.45) is 0 Å². The van der Waals surface area contributed by atoms with Crippen LogP contribution in [0.15, 0.2) is 24.4 Å². The number of carbonyl (C=O) groups is 1. The SMILES string of the molecule is Cc1cc(-c2nn3cc(C(F)F)cc(C)c3c2C(F)(F)F)cc2c1NC(=O)C2. The summed E-state index contributed by atoms with van der Waals surface area (Å²) in [6, 6.07) is 4.03. The van der Waals surface area contributed by atoms with Crippen LogP contribution in [-0.2, 0) is 17.4 Å². The molecular formula is C19H14F5N3O. The van der Waals surface area contributed by atoms with Gasteiger partial charge in [0.15, 0.2) is 0 Å². The van der Waals surface area contributed by atoms with Crippen molar-refractivity contribution in [3.63, 3.8) is 0 Å². The molecule has 1 aliphatic rings. The molecule has 4 nitrogen and oxygen atoms in total. The first-order valence-corrected chi connectivity index (χ1v) is 8.38. The van der Waals surface area contributed by atoms with Crippen LogP contribution in [0.4, 0.5) is 27.6 Å². The summed E-state index contributed by atoms with van der Waals surface area (Å²) >= 11 is 0. The van der Waals surface area contributed by atoms with E-state index in [2.05, 4.69) is 10.4 Å². The largest absolute Gasteiger partial charge is 0.420 e. The minimum atomic E-state index is -4.74. The maximum Gasteiger partial charge on any atom is 0.420 e. The molecule has 2 aromatic heterocycles. The van der Waals surface area contributed by atoms with Crippen LogP contribution < -0.4 is 5.32 Å². The average Bonchev–Trinajstić information content (AvgIpc) is 3.14. The maximum absolute atomic E-state index is 13.9. The summed E-state index contributed by atoms with van der Waals surface area (Å²) in [7, 11) is 0. The van der Waals surface area contributed by atoms with Crippen molar-refractivity contribution in [2.45, 2.75) is 32.9 Å². The van der Waals surface area contributed by atoms with E-state index in [1.807, 2.05) is 0 Å². The summed E-state index contributed by atoms with van der Waals surface area (Å²) in [6.07, 6.45) is -6.59. The Bertz CT molecular complexity index is 1130. The number of rotatable bonds is 2. The van der Waals surface area contributed by atoms with E-state index >= 15 is 0 Å². The first kappa shape index (κ1) is 18.4. The van der Waals surface area contributed by atoms with Gasteiger partial charge in [-0.3, -0.25) is 4.79 Å². The zero-order valence-electron chi connectivity index (χ0n) is 14.8. The Morgan fingerprint density at radius 2 is 1.86 bits per heavy atom. The predicted molar refractivity (Wildman–Crippen MR) is 92.4 cm³/mol. The van der Waals surface area contributed by atoms with Gasteiger partial charge in [0.2, 0.25) is 5.91 Å². The third kappa shape index (κ3) is 2.81. The van der Waals surface area contributed by atoms with Crippen LogP contribution in [0.1, 0.15) is 34.2 Å². The number of alkyl halides is 5. The van der Waals surface area contributed by atoms with Gasteiger partial charge in [0.25, 0.3) is 6.43 Å². The number of pyridine rings is 1. The molecule has 0 bridgehead atoms. The predicted octanol–water partition coefficient (Wildman–Crippen LogP) is 5.07. The summed E-state index contributed by atoms with van der Waals surface area (Å²) in [5.41, 5.74) is -0.00650. The highest BCUT2D eigenvalue weighted by molar-refractivity contribution is 6.00. The molecular weight excluding hydrogens is 381 g/mol.